The third-order valence-electron chi connectivity index (χ3n) is 5.75. The molecule has 4 rings (SSSR count). The number of nitrogens with two attached hydrogens (primary N) is 1. The number of nitrogens with zero attached hydrogens (tertiary/aromatic N) is 5. The average Bonchev–Trinajstić information content (AvgIpc) is 2.95. The fourth-order valence-corrected chi connectivity index (χ4v) is 4.04. The quantitative estimate of drug-likeness (QED) is 0.577. The van der Waals surface area contributed by atoms with Crippen molar-refractivity contribution in [2.45, 2.75) is 38.0 Å². The second-order valence-electron chi connectivity index (χ2n) is 8.20. The van der Waals surface area contributed by atoms with E-state index in [1.54, 1.807) is 28.4 Å². The fraction of sp³-hybridized carbons (Fsp3) is 0.391. The van der Waals surface area contributed by atoms with Gasteiger partial charge in [0.05, 0.1) is 23.9 Å². The molecule has 0 radical (unpaired) electrons. The number of benzene rings is 1. The van der Waals surface area contributed by atoms with Gasteiger partial charge in [0.2, 0.25) is 0 Å². The van der Waals surface area contributed by atoms with E-state index in [0.29, 0.717) is 17.8 Å². The SMILES string of the molecule is Cn1c(=O)n(Cc2ccccc2C#N)c2c(N3CCCCC(N)C3)ccnc21.O=C(O)C(F)(F)F. The van der Waals surface area contributed by atoms with E-state index in [0.717, 1.165) is 49.1 Å². The van der Waals surface area contributed by atoms with Crippen LogP contribution in [0.5, 0.6) is 0 Å². The lowest BCUT2D eigenvalue weighted by Crippen LogP contribution is -2.36. The number of carboxylic acids is 1. The van der Waals surface area contributed by atoms with Crippen molar-refractivity contribution in [3.05, 3.63) is 58.1 Å². The Morgan fingerprint density at radius 3 is 2.63 bits per heavy atom. The topological polar surface area (TPSA) is 130 Å². The third kappa shape index (κ3) is 5.81. The molecule has 2 aromatic heterocycles. The molecule has 12 heteroatoms. The summed E-state index contributed by atoms with van der Waals surface area (Å²) in [6, 6.07) is 11.7. The number of fused-ring (bicyclic) bond motifs is 1. The normalized spacial score (nSPS) is 16.2. The van der Waals surface area contributed by atoms with Gasteiger partial charge in [-0.05, 0) is 30.5 Å². The predicted molar refractivity (Wildman–Crippen MR) is 123 cm³/mol. The number of hydrogen-bond acceptors (Lipinski definition) is 6. The number of carbonyl (C=O) groups is 1. The van der Waals surface area contributed by atoms with Gasteiger partial charge in [-0.25, -0.2) is 14.6 Å². The predicted octanol–water partition coefficient (Wildman–Crippen LogP) is 2.61. The van der Waals surface area contributed by atoms with Gasteiger partial charge in [-0.3, -0.25) is 9.13 Å². The van der Waals surface area contributed by atoms with Crippen molar-refractivity contribution in [2.24, 2.45) is 12.8 Å². The van der Waals surface area contributed by atoms with Crippen LogP contribution in [-0.2, 0) is 18.4 Å². The van der Waals surface area contributed by atoms with Crippen LogP contribution in [0, 0.1) is 11.3 Å². The lowest BCUT2D eigenvalue weighted by Gasteiger charge is -2.26. The molecule has 1 atom stereocenters. The van der Waals surface area contributed by atoms with E-state index in [2.05, 4.69) is 16.0 Å². The maximum absolute atomic E-state index is 13.0. The molecular formula is C23H25F3N6O3. The van der Waals surface area contributed by atoms with E-state index in [1.165, 1.54) is 0 Å². The highest BCUT2D eigenvalue weighted by Gasteiger charge is 2.38. The van der Waals surface area contributed by atoms with Gasteiger partial charge in [0.15, 0.2) is 5.65 Å². The molecule has 3 aromatic rings. The van der Waals surface area contributed by atoms with Crippen LogP contribution in [0.15, 0.2) is 41.3 Å². The molecule has 9 nitrogen and oxygen atoms in total. The Morgan fingerprint density at radius 1 is 1.29 bits per heavy atom. The fourth-order valence-electron chi connectivity index (χ4n) is 4.04. The standard InChI is InChI=1S/C21H24N6O.C2HF3O2/c1-25-20-19(18(9-10-24-20)26-11-5-4-8-17(23)14-26)27(21(25)28)13-16-7-3-2-6-15(16)12-22;3-2(4,5)1(6)7/h2-3,6-7,9-10,17H,4-5,8,11,13-14,23H2,1H3;(H,6,7). The molecule has 3 heterocycles. The maximum Gasteiger partial charge on any atom is 0.490 e. The molecule has 35 heavy (non-hydrogen) atoms. The van der Waals surface area contributed by atoms with Gasteiger partial charge in [0, 0.05) is 32.4 Å². The first-order valence-electron chi connectivity index (χ1n) is 10.9. The minimum atomic E-state index is -5.08. The lowest BCUT2D eigenvalue weighted by molar-refractivity contribution is -0.192. The number of alkyl halides is 3. The van der Waals surface area contributed by atoms with Crippen molar-refractivity contribution in [1.29, 1.82) is 5.26 Å². The Bertz CT molecular complexity index is 1310. The summed E-state index contributed by atoms with van der Waals surface area (Å²) in [4.78, 5) is 28.7. The Morgan fingerprint density at radius 2 is 1.97 bits per heavy atom. The number of aromatic nitrogens is 3. The smallest absolute Gasteiger partial charge is 0.475 e. The Kier molecular flexibility index (Phi) is 7.81. The Labute approximate surface area is 198 Å². The van der Waals surface area contributed by atoms with Crippen LogP contribution in [0.4, 0.5) is 18.9 Å². The highest BCUT2D eigenvalue weighted by Crippen LogP contribution is 2.27. The second kappa shape index (κ2) is 10.6. The summed E-state index contributed by atoms with van der Waals surface area (Å²) in [6.45, 7) is 2.00. The van der Waals surface area contributed by atoms with Gasteiger partial charge in [0.25, 0.3) is 0 Å². The molecule has 1 aliphatic rings. The van der Waals surface area contributed by atoms with Crippen molar-refractivity contribution in [2.75, 3.05) is 18.0 Å². The van der Waals surface area contributed by atoms with Crippen molar-refractivity contribution in [3.8, 4) is 6.07 Å². The number of hydrogen-bond donors (Lipinski definition) is 2. The molecule has 0 spiro atoms. The van der Waals surface area contributed by atoms with Crippen LogP contribution in [0.3, 0.4) is 0 Å². The maximum atomic E-state index is 13.0. The zero-order valence-electron chi connectivity index (χ0n) is 19.0. The first-order chi connectivity index (χ1) is 16.5. The van der Waals surface area contributed by atoms with Crippen LogP contribution in [0.25, 0.3) is 11.2 Å². The molecule has 3 N–H and O–H groups in total. The number of aliphatic carboxylic acids is 1. The van der Waals surface area contributed by atoms with Gasteiger partial charge in [-0.15, -0.1) is 0 Å². The van der Waals surface area contributed by atoms with Crippen LogP contribution in [0.2, 0.25) is 0 Å². The van der Waals surface area contributed by atoms with Crippen LogP contribution in [0.1, 0.15) is 30.4 Å². The molecule has 1 aliphatic heterocycles. The minimum absolute atomic E-state index is 0.119. The number of halogens is 3. The van der Waals surface area contributed by atoms with Gasteiger partial charge in [-0.2, -0.15) is 18.4 Å². The highest BCUT2D eigenvalue weighted by atomic mass is 19.4. The van der Waals surface area contributed by atoms with Crippen molar-refractivity contribution >= 4 is 22.8 Å². The second-order valence-corrected chi connectivity index (χ2v) is 8.20. The van der Waals surface area contributed by atoms with Gasteiger partial charge in [0.1, 0.15) is 5.52 Å². The molecule has 1 saturated heterocycles. The number of anilines is 1. The molecule has 1 aromatic carbocycles. The third-order valence-corrected chi connectivity index (χ3v) is 5.75. The minimum Gasteiger partial charge on any atom is -0.475 e. The molecule has 0 saturated carbocycles. The first-order valence-corrected chi connectivity index (χ1v) is 10.9. The van der Waals surface area contributed by atoms with Crippen molar-refractivity contribution in [3.63, 3.8) is 0 Å². The number of carboxylic acid groups (broad SMARTS) is 1. The van der Waals surface area contributed by atoms with E-state index < -0.39 is 12.1 Å². The molecule has 1 unspecified atom stereocenters. The average molecular weight is 490 g/mol. The van der Waals surface area contributed by atoms with Crippen molar-refractivity contribution in [1.82, 2.24) is 14.1 Å². The van der Waals surface area contributed by atoms with Gasteiger partial charge < -0.3 is 15.7 Å². The summed E-state index contributed by atoms with van der Waals surface area (Å²) in [5.41, 5.74) is 9.97. The van der Waals surface area contributed by atoms with E-state index in [4.69, 9.17) is 15.6 Å². The summed E-state index contributed by atoms with van der Waals surface area (Å²) >= 11 is 0. The summed E-state index contributed by atoms with van der Waals surface area (Å²) in [5, 5.41) is 16.6. The zero-order valence-corrected chi connectivity index (χ0v) is 19.0. The first kappa shape index (κ1) is 25.8. The summed E-state index contributed by atoms with van der Waals surface area (Å²) in [5.74, 6) is -2.76. The number of nitriles is 1. The molecule has 0 aliphatic carbocycles. The summed E-state index contributed by atoms with van der Waals surface area (Å²) in [7, 11) is 1.74. The van der Waals surface area contributed by atoms with E-state index >= 15 is 0 Å². The number of aryl methyl sites for hydroxylation is 1. The zero-order chi connectivity index (χ0) is 25.8. The van der Waals surface area contributed by atoms with E-state index in [1.807, 2.05) is 24.3 Å². The Balaban J connectivity index is 0.000000429. The molecule has 0 amide bonds. The monoisotopic (exact) mass is 490 g/mol. The number of pyridine rings is 1. The number of imidazole rings is 1. The molecule has 1 fully saturated rings. The number of rotatable bonds is 3. The molecule has 186 valence electrons. The highest BCUT2D eigenvalue weighted by molar-refractivity contribution is 5.87. The largest absolute Gasteiger partial charge is 0.490 e. The summed E-state index contributed by atoms with van der Waals surface area (Å²) < 4.78 is 35.0. The van der Waals surface area contributed by atoms with Crippen LogP contribution in [-0.4, -0.2) is 50.5 Å². The lowest BCUT2D eigenvalue weighted by atomic mass is 10.1. The van der Waals surface area contributed by atoms with Crippen LogP contribution < -0.4 is 16.3 Å². The van der Waals surface area contributed by atoms with Crippen LogP contribution >= 0.6 is 0 Å². The van der Waals surface area contributed by atoms with E-state index in [-0.39, 0.29) is 11.7 Å². The summed E-state index contributed by atoms with van der Waals surface area (Å²) in [6.07, 6.45) is -0.127. The Hall–Kier alpha value is -3.85. The van der Waals surface area contributed by atoms with Crippen molar-refractivity contribution < 1.29 is 23.1 Å². The van der Waals surface area contributed by atoms with Gasteiger partial charge >= 0.3 is 17.8 Å². The molecule has 0 bridgehead atoms. The van der Waals surface area contributed by atoms with E-state index in [9.17, 15) is 23.2 Å². The molecular weight excluding hydrogens is 465 g/mol. The van der Waals surface area contributed by atoms with Gasteiger partial charge in [-0.1, -0.05) is 24.6 Å².